The van der Waals surface area contributed by atoms with E-state index in [4.69, 9.17) is 0 Å². The lowest BCUT2D eigenvalue weighted by atomic mass is 10.2. The molecule has 2 aromatic rings. The average Bonchev–Trinajstić information content (AvgIpc) is 3.07. The van der Waals surface area contributed by atoms with Crippen LogP contribution >= 0.6 is 12.4 Å². The number of nitrogens with one attached hydrogen (secondary N) is 1. The van der Waals surface area contributed by atoms with Gasteiger partial charge in [-0.25, -0.2) is 21.8 Å². The molecule has 1 aliphatic rings. The summed E-state index contributed by atoms with van der Waals surface area (Å²) in [5.41, 5.74) is 0. The lowest BCUT2D eigenvalue weighted by molar-refractivity contribution is 0.258. The molecule has 0 bridgehead atoms. The fourth-order valence-electron chi connectivity index (χ4n) is 3.02. The van der Waals surface area contributed by atoms with Gasteiger partial charge >= 0.3 is 0 Å². The molecule has 150 valence electrons. The van der Waals surface area contributed by atoms with Crippen molar-refractivity contribution in [3.05, 3.63) is 42.5 Å². The zero-order valence-corrected chi connectivity index (χ0v) is 17.5. The molecule has 8 nitrogen and oxygen atoms in total. The second-order valence-corrected chi connectivity index (χ2v) is 10.3. The second-order valence-electron chi connectivity index (χ2n) is 6.11. The van der Waals surface area contributed by atoms with E-state index in [-0.39, 0.29) is 34.5 Å². The summed E-state index contributed by atoms with van der Waals surface area (Å²) in [6.07, 6.45) is 3.40. The van der Waals surface area contributed by atoms with Crippen LogP contribution in [0.25, 0.3) is 0 Å². The van der Waals surface area contributed by atoms with Crippen molar-refractivity contribution in [2.75, 3.05) is 25.4 Å². The first-order valence-electron chi connectivity index (χ1n) is 8.30. The number of hydrogen-bond donors (Lipinski definition) is 1. The minimum atomic E-state index is -3.87. The average molecular weight is 435 g/mol. The molecule has 1 N–H and O–H groups in total. The Bertz CT molecular complexity index is 1000. The Labute approximate surface area is 166 Å². The number of aromatic nitrogens is 2. The minimum absolute atomic E-state index is 0. The van der Waals surface area contributed by atoms with Crippen molar-refractivity contribution < 1.29 is 16.8 Å². The molecular formula is C16H23ClN4O4S2. The summed E-state index contributed by atoms with van der Waals surface area (Å²) in [7, 11) is -5.54. The Balaban J connectivity index is 0.00000261. The van der Waals surface area contributed by atoms with Gasteiger partial charge < -0.3 is 9.88 Å². The minimum Gasteiger partial charge on any atom is -0.337 e. The molecule has 27 heavy (non-hydrogen) atoms. The topological polar surface area (TPSA) is 101 Å². The quantitative estimate of drug-likeness (QED) is 0.752. The van der Waals surface area contributed by atoms with E-state index in [0.29, 0.717) is 18.9 Å². The van der Waals surface area contributed by atoms with Crippen molar-refractivity contribution in [2.24, 2.45) is 7.05 Å². The van der Waals surface area contributed by atoms with Gasteiger partial charge in [0.15, 0.2) is 9.84 Å². The molecule has 0 aliphatic carbocycles. The number of benzene rings is 1. The molecule has 1 aliphatic heterocycles. The van der Waals surface area contributed by atoms with E-state index in [2.05, 4.69) is 10.3 Å². The van der Waals surface area contributed by atoms with E-state index in [1.807, 2.05) is 7.05 Å². The first-order valence-corrected chi connectivity index (χ1v) is 11.4. The monoisotopic (exact) mass is 434 g/mol. The Morgan fingerprint density at radius 2 is 1.93 bits per heavy atom. The molecule has 1 aromatic heterocycles. The molecule has 3 rings (SSSR count). The van der Waals surface area contributed by atoms with E-state index < -0.39 is 25.9 Å². The fourth-order valence-corrected chi connectivity index (χ4v) is 5.65. The van der Waals surface area contributed by atoms with Crippen LogP contribution in [0.3, 0.4) is 0 Å². The maximum absolute atomic E-state index is 13.2. The third-order valence-corrected chi connectivity index (χ3v) is 8.14. The van der Waals surface area contributed by atoms with Crippen molar-refractivity contribution in [3.63, 3.8) is 0 Å². The maximum atomic E-state index is 13.2. The van der Waals surface area contributed by atoms with Gasteiger partial charge in [-0.2, -0.15) is 4.31 Å². The summed E-state index contributed by atoms with van der Waals surface area (Å²) in [5.74, 6) is 0.554. The number of imidazole rings is 1. The fraction of sp³-hybridized carbons (Fsp3) is 0.438. The highest BCUT2D eigenvalue weighted by atomic mass is 35.5. The standard InChI is InChI=1S/C16H22N4O4S2.ClH/c1-3-25(21,22)13-5-4-6-14(11-13)26(23,24)20-10-7-17-12-15(20)16-18-8-9-19(16)2;/h4-6,8-9,11,15,17H,3,7,10,12H2,1-2H3;1H. The first kappa shape index (κ1) is 21.8. The number of piperazine rings is 1. The number of hydrogen-bond acceptors (Lipinski definition) is 6. The van der Waals surface area contributed by atoms with Crippen LogP contribution in [0.1, 0.15) is 18.8 Å². The molecule has 1 saturated heterocycles. The molecule has 0 saturated carbocycles. The number of sulfonamides is 1. The predicted molar refractivity (Wildman–Crippen MR) is 104 cm³/mol. The highest BCUT2D eigenvalue weighted by Crippen LogP contribution is 2.29. The van der Waals surface area contributed by atoms with Gasteiger partial charge in [-0.05, 0) is 18.2 Å². The maximum Gasteiger partial charge on any atom is 0.243 e. The van der Waals surface area contributed by atoms with Gasteiger partial charge in [-0.15, -0.1) is 12.4 Å². The number of aryl methyl sites for hydroxylation is 1. The molecule has 0 radical (unpaired) electrons. The van der Waals surface area contributed by atoms with E-state index in [1.54, 1.807) is 17.0 Å². The van der Waals surface area contributed by atoms with Gasteiger partial charge in [0.2, 0.25) is 10.0 Å². The summed E-state index contributed by atoms with van der Waals surface area (Å²) >= 11 is 0. The third kappa shape index (κ3) is 4.19. The van der Waals surface area contributed by atoms with Gasteiger partial charge in [0, 0.05) is 39.1 Å². The number of halogens is 1. The van der Waals surface area contributed by atoms with Gasteiger partial charge in [0.1, 0.15) is 5.82 Å². The molecule has 1 atom stereocenters. The zero-order chi connectivity index (χ0) is 18.9. The lowest BCUT2D eigenvalue weighted by Crippen LogP contribution is -2.49. The first-order chi connectivity index (χ1) is 12.3. The largest absolute Gasteiger partial charge is 0.337 e. The third-order valence-electron chi connectivity index (χ3n) is 4.50. The van der Waals surface area contributed by atoms with Gasteiger partial charge in [0.25, 0.3) is 0 Å². The predicted octanol–water partition coefficient (Wildman–Crippen LogP) is 0.971. The van der Waals surface area contributed by atoms with Crippen LogP contribution in [0.2, 0.25) is 0 Å². The Kier molecular flexibility index (Phi) is 6.69. The van der Waals surface area contributed by atoms with Gasteiger partial charge in [0.05, 0.1) is 21.6 Å². The summed E-state index contributed by atoms with van der Waals surface area (Å²) in [5, 5.41) is 3.19. The number of nitrogens with zero attached hydrogens (tertiary/aromatic N) is 3. The van der Waals surface area contributed by atoms with Crippen molar-refractivity contribution in [1.82, 2.24) is 19.2 Å². The summed E-state index contributed by atoms with van der Waals surface area (Å²) in [6.45, 7) is 2.78. The Morgan fingerprint density at radius 1 is 1.22 bits per heavy atom. The van der Waals surface area contributed by atoms with Crippen LogP contribution in [0, 0.1) is 0 Å². The smallest absolute Gasteiger partial charge is 0.243 e. The highest BCUT2D eigenvalue weighted by molar-refractivity contribution is 7.91. The van der Waals surface area contributed by atoms with Gasteiger partial charge in [-0.3, -0.25) is 0 Å². The summed E-state index contributed by atoms with van der Waals surface area (Å²) in [6, 6.07) is 5.10. The van der Waals surface area contributed by atoms with Crippen molar-refractivity contribution in [2.45, 2.75) is 22.8 Å². The molecule has 0 spiro atoms. The normalized spacial score (nSPS) is 18.8. The van der Waals surface area contributed by atoms with Crippen LogP contribution in [0.4, 0.5) is 0 Å². The molecule has 11 heteroatoms. The van der Waals surface area contributed by atoms with E-state index in [0.717, 1.165) is 0 Å². The molecule has 2 heterocycles. The Morgan fingerprint density at radius 3 is 2.56 bits per heavy atom. The highest BCUT2D eigenvalue weighted by Gasteiger charge is 2.36. The van der Waals surface area contributed by atoms with Crippen molar-refractivity contribution in [3.8, 4) is 0 Å². The lowest BCUT2D eigenvalue weighted by Gasteiger charge is -2.34. The Hall–Kier alpha value is -1.46. The van der Waals surface area contributed by atoms with Gasteiger partial charge in [-0.1, -0.05) is 13.0 Å². The molecular weight excluding hydrogens is 412 g/mol. The van der Waals surface area contributed by atoms with E-state index in [9.17, 15) is 16.8 Å². The SMILES string of the molecule is CCS(=O)(=O)c1cccc(S(=O)(=O)N2CCNCC2c2nccn2C)c1.Cl. The van der Waals surface area contributed by atoms with Crippen LogP contribution < -0.4 is 5.32 Å². The molecule has 0 amide bonds. The second kappa shape index (κ2) is 8.27. The van der Waals surface area contributed by atoms with E-state index >= 15 is 0 Å². The molecule has 1 aromatic carbocycles. The van der Waals surface area contributed by atoms with Crippen molar-refractivity contribution in [1.29, 1.82) is 0 Å². The number of sulfone groups is 1. The summed E-state index contributed by atoms with van der Waals surface area (Å²) in [4.78, 5) is 4.29. The van der Waals surface area contributed by atoms with Crippen molar-refractivity contribution >= 4 is 32.3 Å². The van der Waals surface area contributed by atoms with Crippen LogP contribution in [0.15, 0.2) is 46.5 Å². The number of rotatable bonds is 5. The van der Waals surface area contributed by atoms with Crippen LogP contribution in [0.5, 0.6) is 0 Å². The molecule has 1 unspecified atom stereocenters. The summed E-state index contributed by atoms with van der Waals surface area (Å²) < 4.78 is 53.9. The van der Waals surface area contributed by atoms with Crippen LogP contribution in [-0.2, 0) is 26.9 Å². The van der Waals surface area contributed by atoms with E-state index in [1.165, 1.54) is 35.5 Å². The zero-order valence-electron chi connectivity index (χ0n) is 15.1. The molecule has 1 fully saturated rings. The van der Waals surface area contributed by atoms with Crippen LogP contribution in [-0.4, -0.2) is 56.1 Å².